The maximum absolute atomic E-state index is 13.4. The first-order chi connectivity index (χ1) is 9.18. The lowest BCUT2D eigenvalue weighted by atomic mass is 10.0. The minimum atomic E-state index is -1.02. The second-order valence-electron chi connectivity index (χ2n) is 4.78. The molecule has 1 aliphatic rings. The number of hydrogen-bond donors (Lipinski definition) is 3. The van der Waals surface area contributed by atoms with Crippen LogP contribution in [0.3, 0.4) is 0 Å². The van der Waals surface area contributed by atoms with E-state index in [2.05, 4.69) is 10.6 Å². The van der Waals surface area contributed by atoms with Gasteiger partial charge in [-0.05, 0) is 25.5 Å². The van der Waals surface area contributed by atoms with E-state index in [0.717, 1.165) is 25.8 Å². The van der Waals surface area contributed by atoms with Crippen molar-refractivity contribution in [2.45, 2.75) is 31.4 Å². The van der Waals surface area contributed by atoms with Gasteiger partial charge in [0.25, 0.3) is 0 Å². The second kappa shape index (κ2) is 6.63. The number of halogens is 1. The summed E-state index contributed by atoms with van der Waals surface area (Å²) in [5.41, 5.74) is 0.208. The number of benzene rings is 1. The van der Waals surface area contributed by atoms with Crippen LogP contribution in [0.2, 0.25) is 0 Å². The topological polar surface area (TPSA) is 61.4 Å². The molecule has 5 heteroatoms. The van der Waals surface area contributed by atoms with E-state index in [1.165, 1.54) is 12.1 Å². The lowest BCUT2D eigenvalue weighted by Gasteiger charge is -2.23. The average molecular weight is 266 g/mol. The van der Waals surface area contributed by atoms with Crippen LogP contribution in [0, 0.1) is 5.82 Å². The summed E-state index contributed by atoms with van der Waals surface area (Å²) in [5, 5.41) is 15.7. The number of amides is 1. The summed E-state index contributed by atoms with van der Waals surface area (Å²) in [6.45, 7) is 0.867. The van der Waals surface area contributed by atoms with Gasteiger partial charge in [-0.2, -0.15) is 0 Å². The molecule has 0 unspecified atom stereocenters. The third-order valence-electron chi connectivity index (χ3n) is 3.36. The van der Waals surface area contributed by atoms with Crippen molar-refractivity contribution >= 4 is 5.91 Å². The lowest BCUT2D eigenvalue weighted by Crippen LogP contribution is -2.47. The molecular weight excluding hydrogens is 247 g/mol. The number of carbonyl (C=O) groups is 1. The predicted octanol–water partition coefficient (Wildman–Crippen LogP) is 1.12. The number of rotatable bonds is 4. The molecular formula is C14H19FN2O2. The van der Waals surface area contributed by atoms with Crippen molar-refractivity contribution in [3.8, 4) is 0 Å². The summed E-state index contributed by atoms with van der Waals surface area (Å²) < 4.78 is 13.4. The highest BCUT2D eigenvalue weighted by molar-refractivity contribution is 5.81. The van der Waals surface area contributed by atoms with E-state index in [1.54, 1.807) is 12.1 Å². The van der Waals surface area contributed by atoms with Gasteiger partial charge in [0, 0.05) is 12.1 Å². The standard InChI is InChI=1S/C14H19FN2O2/c15-11-6-2-1-5-10(11)13(18)9-17-14(19)12-7-3-4-8-16-12/h1-2,5-6,12-13,16,18H,3-4,7-9H2,(H,17,19)/t12-,13-/m0/s1. The van der Waals surface area contributed by atoms with Crippen LogP contribution in [0.1, 0.15) is 30.9 Å². The smallest absolute Gasteiger partial charge is 0.237 e. The van der Waals surface area contributed by atoms with Crippen LogP contribution >= 0.6 is 0 Å². The van der Waals surface area contributed by atoms with E-state index in [4.69, 9.17) is 0 Å². The fourth-order valence-corrected chi connectivity index (χ4v) is 2.25. The van der Waals surface area contributed by atoms with Crippen LogP contribution in [0.4, 0.5) is 4.39 Å². The van der Waals surface area contributed by atoms with Gasteiger partial charge in [-0.3, -0.25) is 4.79 Å². The van der Waals surface area contributed by atoms with Crippen molar-refractivity contribution in [2.75, 3.05) is 13.1 Å². The first-order valence-electron chi connectivity index (χ1n) is 6.62. The Morgan fingerprint density at radius 2 is 2.26 bits per heavy atom. The molecule has 0 bridgehead atoms. The highest BCUT2D eigenvalue weighted by atomic mass is 19.1. The molecule has 19 heavy (non-hydrogen) atoms. The van der Waals surface area contributed by atoms with E-state index >= 15 is 0 Å². The van der Waals surface area contributed by atoms with Crippen LogP contribution in [0.15, 0.2) is 24.3 Å². The Kier molecular flexibility index (Phi) is 4.87. The highest BCUT2D eigenvalue weighted by Gasteiger charge is 2.21. The van der Waals surface area contributed by atoms with Crippen LogP contribution in [-0.2, 0) is 4.79 Å². The molecule has 0 radical (unpaired) electrons. The third-order valence-corrected chi connectivity index (χ3v) is 3.36. The molecule has 104 valence electrons. The summed E-state index contributed by atoms with van der Waals surface area (Å²) in [7, 11) is 0. The summed E-state index contributed by atoms with van der Waals surface area (Å²) in [5.74, 6) is -0.588. The van der Waals surface area contributed by atoms with Gasteiger partial charge in [0.1, 0.15) is 5.82 Å². The lowest BCUT2D eigenvalue weighted by molar-refractivity contribution is -0.124. The van der Waals surface area contributed by atoms with Gasteiger partial charge in [0.2, 0.25) is 5.91 Å². The monoisotopic (exact) mass is 266 g/mol. The fraction of sp³-hybridized carbons (Fsp3) is 0.500. The molecule has 2 rings (SSSR count). The van der Waals surface area contributed by atoms with Gasteiger partial charge in [-0.15, -0.1) is 0 Å². The number of piperidine rings is 1. The molecule has 1 saturated heterocycles. The van der Waals surface area contributed by atoms with Gasteiger partial charge < -0.3 is 15.7 Å². The molecule has 1 aromatic rings. The van der Waals surface area contributed by atoms with Gasteiger partial charge in [-0.1, -0.05) is 24.6 Å². The molecule has 1 heterocycles. The van der Waals surface area contributed by atoms with Gasteiger partial charge in [0.15, 0.2) is 0 Å². The predicted molar refractivity (Wildman–Crippen MR) is 70.0 cm³/mol. The Labute approximate surface area is 112 Å². The number of carbonyl (C=O) groups excluding carboxylic acids is 1. The SMILES string of the molecule is O=C(NC[C@H](O)c1ccccc1F)[C@@H]1CCCCN1. The molecule has 3 N–H and O–H groups in total. The van der Waals surface area contributed by atoms with E-state index in [1.807, 2.05) is 0 Å². The molecule has 0 aromatic heterocycles. The Balaban J connectivity index is 1.84. The third kappa shape index (κ3) is 3.75. The number of nitrogens with one attached hydrogen (secondary N) is 2. The maximum atomic E-state index is 13.4. The zero-order valence-electron chi connectivity index (χ0n) is 10.7. The molecule has 1 amide bonds. The quantitative estimate of drug-likeness (QED) is 0.765. The fourth-order valence-electron chi connectivity index (χ4n) is 2.25. The number of hydrogen-bond acceptors (Lipinski definition) is 3. The minimum Gasteiger partial charge on any atom is -0.386 e. The minimum absolute atomic E-state index is 0.0257. The first-order valence-corrected chi connectivity index (χ1v) is 6.62. The first kappa shape index (κ1) is 14.0. The van der Waals surface area contributed by atoms with Crippen molar-refractivity contribution in [1.29, 1.82) is 0 Å². The molecule has 0 saturated carbocycles. The van der Waals surface area contributed by atoms with Crippen LogP contribution < -0.4 is 10.6 Å². The van der Waals surface area contributed by atoms with Crippen molar-refractivity contribution in [3.05, 3.63) is 35.6 Å². The highest BCUT2D eigenvalue weighted by Crippen LogP contribution is 2.15. The average Bonchev–Trinajstić information content (AvgIpc) is 2.46. The largest absolute Gasteiger partial charge is 0.386 e. The van der Waals surface area contributed by atoms with Gasteiger partial charge in [-0.25, -0.2) is 4.39 Å². The molecule has 2 atom stereocenters. The summed E-state index contributed by atoms with van der Waals surface area (Å²) >= 11 is 0. The summed E-state index contributed by atoms with van der Waals surface area (Å²) in [4.78, 5) is 11.8. The maximum Gasteiger partial charge on any atom is 0.237 e. The molecule has 0 spiro atoms. The van der Waals surface area contributed by atoms with Crippen LogP contribution in [0.25, 0.3) is 0 Å². The zero-order valence-corrected chi connectivity index (χ0v) is 10.7. The van der Waals surface area contributed by atoms with Crippen molar-refractivity contribution < 1.29 is 14.3 Å². The van der Waals surface area contributed by atoms with Gasteiger partial charge in [0.05, 0.1) is 12.1 Å². The Bertz CT molecular complexity index is 433. The van der Waals surface area contributed by atoms with Crippen LogP contribution in [0.5, 0.6) is 0 Å². The number of aliphatic hydroxyl groups excluding tert-OH is 1. The van der Waals surface area contributed by atoms with E-state index in [9.17, 15) is 14.3 Å². The van der Waals surface area contributed by atoms with Gasteiger partial charge >= 0.3 is 0 Å². The Morgan fingerprint density at radius 3 is 2.95 bits per heavy atom. The molecule has 1 aliphatic heterocycles. The van der Waals surface area contributed by atoms with Crippen molar-refractivity contribution in [1.82, 2.24) is 10.6 Å². The Hall–Kier alpha value is -1.46. The van der Waals surface area contributed by atoms with Crippen molar-refractivity contribution in [3.63, 3.8) is 0 Å². The molecule has 1 fully saturated rings. The van der Waals surface area contributed by atoms with Crippen molar-refractivity contribution in [2.24, 2.45) is 0 Å². The molecule has 1 aromatic carbocycles. The van der Waals surface area contributed by atoms with E-state index < -0.39 is 11.9 Å². The van der Waals surface area contributed by atoms with E-state index in [-0.39, 0.29) is 24.1 Å². The summed E-state index contributed by atoms with van der Waals surface area (Å²) in [6.07, 6.45) is 1.90. The zero-order chi connectivity index (χ0) is 13.7. The number of aliphatic hydroxyl groups is 1. The molecule has 4 nitrogen and oxygen atoms in total. The van der Waals surface area contributed by atoms with Crippen LogP contribution in [-0.4, -0.2) is 30.1 Å². The Morgan fingerprint density at radius 1 is 1.47 bits per heavy atom. The van der Waals surface area contributed by atoms with E-state index in [0.29, 0.717) is 0 Å². The molecule has 0 aliphatic carbocycles. The summed E-state index contributed by atoms with van der Waals surface area (Å²) in [6, 6.07) is 5.85. The normalized spacial score (nSPS) is 20.8. The second-order valence-corrected chi connectivity index (χ2v) is 4.78.